The minimum atomic E-state index is 0.0762. The molecule has 1 amide bonds. The average Bonchev–Trinajstić information content (AvgIpc) is 2.78. The maximum Gasteiger partial charge on any atom is 0.261 e. The minimum Gasteiger partial charge on any atom is -0.350 e. The van der Waals surface area contributed by atoms with Crippen LogP contribution in [0.25, 0.3) is 0 Å². The molecular formula is C12H18N2OS2. The van der Waals surface area contributed by atoms with Crippen LogP contribution in [0.15, 0.2) is 6.07 Å². The van der Waals surface area contributed by atoms with Crippen molar-refractivity contribution in [2.45, 2.75) is 19.1 Å². The number of likely N-dealkylation sites (N-methyl/N-ethyl adjacent to an activating group) is 1. The van der Waals surface area contributed by atoms with Gasteiger partial charge >= 0.3 is 0 Å². The molecule has 0 fully saturated rings. The van der Waals surface area contributed by atoms with Gasteiger partial charge in [-0.2, -0.15) is 11.8 Å². The van der Waals surface area contributed by atoms with Crippen molar-refractivity contribution in [3.63, 3.8) is 0 Å². The van der Waals surface area contributed by atoms with Gasteiger partial charge < -0.3 is 10.6 Å². The first-order valence-corrected chi connectivity index (χ1v) is 7.96. The van der Waals surface area contributed by atoms with Crippen molar-refractivity contribution in [3.8, 4) is 0 Å². The summed E-state index contributed by atoms with van der Waals surface area (Å²) < 4.78 is 0. The van der Waals surface area contributed by atoms with Crippen molar-refractivity contribution in [2.24, 2.45) is 0 Å². The van der Waals surface area contributed by atoms with Gasteiger partial charge in [-0.05, 0) is 30.3 Å². The Morgan fingerprint density at radius 1 is 1.47 bits per heavy atom. The normalized spacial score (nSPS) is 14.4. The van der Waals surface area contributed by atoms with E-state index in [-0.39, 0.29) is 5.91 Å². The topological polar surface area (TPSA) is 41.1 Å². The van der Waals surface area contributed by atoms with E-state index in [1.807, 2.05) is 11.8 Å². The molecule has 1 aromatic rings. The lowest BCUT2D eigenvalue weighted by Gasteiger charge is -2.08. The molecule has 0 spiro atoms. The first kappa shape index (κ1) is 12.9. The SMILES string of the molecule is CCNCCNC(=O)c1cc2c(s1)CCSC2. The Kier molecular flexibility index (Phi) is 4.88. The zero-order chi connectivity index (χ0) is 12.1. The molecule has 2 N–H and O–H groups in total. The highest BCUT2D eigenvalue weighted by Gasteiger charge is 2.16. The van der Waals surface area contributed by atoms with Crippen LogP contribution in [0.2, 0.25) is 0 Å². The van der Waals surface area contributed by atoms with Crippen molar-refractivity contribution in [1.29, 1.82) is 0 Å². The van der Waals surface area contributed by atoms with E-state index in [0.29, 0.717) is 6.54 Å². The number of carbonyl (C=O) groups excluding carboxylic acids is 1. The van der Waals surface area contributed by atoms with E-state index in [1.54, 1.807) is 11.3 Å². The monoisotopic (exact) mass is 270 g/mol. The summed E-state index contributed by atoms with van der Waals surface area (Å²) in [7, 11) is 0. The first-order valence-electron chi connectivity index (χ1n) is 5.99. The molecule has 3 nitrogen and oxygen atoms in total. The van der Waals surface area contributed by atoms with Crippen molar-refractivity contribution >= 4 is 29.0 Å². The fourth-order valence-electron chi connectivity index (χ4n) is 1.79. The Balaban J connectivity index is 1.88. The third-order valence-electron chi connectivity index (χ3n) is 2.69. The second kappa shape index (κ2) is 6.42. The van der Waals surface area contributed by atoms with E-state index in [2.05, 4.69) is 23.6 Å². The summed E-state index contributed by atoms with van der Waals surface area (Å²) in [5.41, 5.74) is 1.36. The Morgan fingerprint density at radius 3 is 3.12 bits per heavy atom. The van der Waals surface area contributed by atoms with Crippen LogP contribution >= 0.6 is 23.1 Å². The van der Waals surface area contributed by atoms with Gasteiger partial charge in [0.1, 0.15) is 0 Å². The zero-order valence-electron chi connectivity index (χ0n) is 10.0. The third-order valence-corrected chi connectivity index (χ3v) is 4.93. The number of hydrogen-bond acceptors (Lipinski definition) is 4. The summed E-state index contributed by atoms with van der Waals surface area (Å²) in [5, 5.41) is 6.13. The Morgan fingerprint density at radius 2 is 2.35 bits per heavy atom. The molecule has 1 aromatic heterocycles. The van der Waals surface area contributed by atoms with Crippen molar-refractivity contribution < 1.29 is 4.79 Å². The molecule has 0 aliphatic carbocycles. The second-order valence-corrected chi connectivity index (χ2v) is 6.21. The predicted octanol–water partition coefficient (Wildman–Crippen LogP) is 1.88. The van der Waals surface area contributed by atoms with Crippen LogP contribution in [0.4, 0.5) is 0 Å². The van der Waals surface area contributed by atoms with Gasteiger partial charge in [0.15, 0.2) is 0 Å². The molecule has 17 heavy (non-hydrogen) atoms. The largest absolute Gasteiger partial charge is 0.350 e. The quantitative estimate of drug-likeness (QED) is 0.803. The Hall–Kier alpha value is -0.520. The number of thiophene rings is 1. The van der Waals surface area contributed by atoms with Crippen LogP contribution in [0.5, 0.6) is 0 Å². The lowest BCUT2D eigenvalue weighted by Crippen LogP contribution is -2.31. The van der Waals surface area contributed by atoms with Crippen LogP contribution in [-0.2, 0) is 12.2 Å². The van der Waals surface area contributed by atoms with E-state index in [0.717, 1.165) is 30.1 Å². The number of amides is 1. The highest BCUT2D eigenvalue weighted by molar-refractivity contribution is 7.98. The molecule has 1 aliphatic rings. The van der Waals surface area contributed by atoms with Gasteiger partial charge in [0.2, 0.25) is 0 Å². The summed E-state index contributed by atoms with van der Waals surface area (Å²) in [5.74, 6) is 2.33. The van der Waals surface area contributed by atoms with E-state index >= 15 is 0 Å². The first-order chi connectivity index (χ1) is 8.31. The summed E-state index contributed by atoms with van der Waals surface area (Å²) in [6, 6.07) is 2.06. The Labute approximate surface area is 110 Å². The lowest BCUT2D eigenvalue weighted by molar-refractivity contribution is 0.0958. The predicted molar refractivity (Wildman–Crippen MR) is 75.1 cm³/mol. The molecule has 0 atom stereocenters. The number of fused-ring (bicyclic) bond motifs is 1. The molecule has 0 bridgehead atoms. The number of carbonyl (C=O) groups is 1. The maximum absolute atomic E-state index is 11.9. The number of rotatable bonds is 5. The minimum absolute atomic E-state index is 0.0762. The summed E-state index contributed by atoms with van der Waals surface area (Å²) in [6.07, 6.45) is 1.12. The van der Waals surface area contributed by atoms with Gasteiger partial charge in [-0.15, -0.1) is 11.3 Å². The standard InChI is InChI=1S/C12H18N2OS2/c1-2-13-4-5-14-12(15)11-7-9-8-16-6-3-10(9)17-11/h7,13H,2-6,8H2,1H3,(H,14,15). The molecule has 0 aromatic carbocycles. The van der Waals surface area contributed by atoms with Gasteiger partial charge in [-0.3, -0.25) is 4.79 Å². The van der Waals surface area contributed by atoms with E-state index in [9.17, 15) is 4.79 Å². The lowest BCUT2D eigenvalue weighted by atomic mass is 10.2. The molecule has 94 valence electrons. The highest BCUT2D eigenvalue weighted by atomic mass is 32.2. The fraction of sp³-hybridized carbons (Fsp3) is 0.583. The molecule has 0 unspecified atom stereocenters. The number of hydrogen-bond donors (Lipinski definition) is 2. The third kappa shape index (κ3) is 3.47. The van der Waals surface area contributed by atoms with Crippen LogP contribution in [-0.4, -0.2) is 31.3 Å². The van der Waals surface area contributed by atoms with Crippen LogP contribution < -0.4 is 10.6 Å². The second-order valence-electron chi connectivity index (χ2n) is 3.97. The summed E-state index contributed by atoms with van der Waals surface area (Å²) in [4.78, 5) is 14.2. The summed E-state index contributed by atoms with van der Waals surface area (Å²) >= 11 is 3.61. The molecule has 0 radical (unpaired) electrons. The average molecular weight is 270 g/mol. The molecule has 0 saturated carbocycles. The maximum atomic E-state index is 11.9. The number of aryl methyl sites for hydroxylation is 1. The van der Waals surface area contributed by atoms with Crippen molar-refractivity contribution in [2.75, 3.05) is 25.4 Å². The van der Waals surface area contributed by atoms with Gasteiger partial charge in [0, 0.05) is 23.7 Å². The van der Waals surface area contributed by atoms with Gasteiger partial charge in [-0.25, -0.2) is 0 Å². The highest BCUT2D eigenvalue weighted by Crippen LogP contribution is 2.31. The molecular weight excluding hydrogens is 252 g/mol. The molecule has 2 heterocycles. The van der Waals surface area contributed by atoms with Crippen LogP contribution in [0.3, 0.4) is 0 Å². The Bertz CT molecular complexity index is 366. The van der Waals surface area contributed by atoms with E-state index < -0.39 is 0 Å². The van der Waals surface area contributed by atoms with E-state index in [1.165, 1.54) is 16.2 Å². The molecule has 5 heteroatoms. The number of thioether (sulfide) groups is 1. The smallest absolute Gasteiger partial charge is 0.261 e. The van der Waals surface area contributed by atoms with Crippen molar-refractivity contribution in [1.82, 2.24) is 10.6 Å². The van der Waals surface area contributed by atoms with Gasteiger partial charge in [-0.1, -0.05) is 6.92 Å². The fourth-order valence-corrected chi connectivity index (χ4v) is 4.08. The van der Waals surface area contributed by atoms with E-state index in [4.69, 9.17) is 0 Å². The van der Waals surface area contributed by atoms with Crippen molar-refractivity contribution in [3.05, 3.63) is 21.4 Å². The zero-order valence-corrected chi connectivity index (χ0v) is 11.7. The molecule has 2 rings (SSSR count). The van der Waals surface area contributed by atoms with Gasteiger partial charge in [0.05, 0.1) is 4.88 Å². The number of nitrogens with one attached hydrogen (secondary N) is 2. The summed E-state index contributed by atoms with van der Waals surface area (Å²) in [6.45, 7) is 4.54. The molecule has 1 aliphatic heterocycles. The van der Waals surface area contributed by atoms with Crippen LogP contribution in [0.1, 0.15) is 27.0 Å². The molecule has 0 saturated heterocycles. The van der Waals surface area contributed by atoms with Crippen LogP contribution in [0, 0.1) is 0 Å². The van der Waals surface area contributed by atoms with Gasteiger partial charge in [0.25, 0.3) is 5.91 Å².